The summed E-state index contributed by atoms with van der Waals surface area (Å²) in [5.41, 5.74) is 5.31. The molecule has 3 nitrogen and oxygen atoms in total. The quantitative estimate of drug-likeness (QED) is 0.651. The molecule has 3 N–H and O–H groups in total. The first kappa shape index (κ1) is 14.5. The van der Waals surface area contributed by atoms with Crippen molar-refractivity contribution in [1.82, 2.24) is 5.43 Å². The summed E-state index contributed by atoms with van der Waals surface area (Å²) in [6.45, 7) is 1.93. The minimum atomic E-state index is -0.276. The molecule has 2 aromatic rings. The van der Waals surface area contributed by atoms with Gasteiger partial charge in [-0.3, -0.25) is 11.3 Å². The average molecular weight is 274 g/mol. The summed E-state index contributed by atoms with van der Waals surface area (Å²) in [6, 6.07) is 12.5. The van der Waals surface area contributed by atoms with E-state index in [0.29, 0.717) is 12.0 Å². The van der Waals surface area contributed by atoms with Gasteiger partial charge in [0.05, 0.1) is 13.2 Å². The highest BCUT2D eigenvalue weighted by Gasteiger charge is 2.15. The maximum absolute atomic E-state index is 13.9. The molecule has 0 saturated carbocycles. The van der Waals surface area contributed by atoms with Crippen molar-refractivity contribution in [2.24, 2.45) is 5.84 Å². The number of aryl methyl sites for hydroxylation is 1. The molecule has 1 atom stereocenters. The number of ether oxygens (including phenoxy) is 1. The van der Waals surface area contributed by atoms with Crippen LogP contribution in [0.3, 0.4) is 0 Å². The van der Waals surface area contributed by atoms with Gasteiger partial charge in [-0.05, 0) is 37.1 Å². The van der Waals surface area contributed by atoms with E-state index < -0.39 is 0 Å². The van der Waals surface area contributed by atoms with Gasteiger partial charge in [-0.15, -0.1) is 0 Å². The SMILES string of the molecule is COc1cccc(CC(NN)c2cc(C)ccc2F)c1. The fourth-order valence-electron chi connectivity index (χ4n) is 2.22. The fourth-order valence-corrected chi connectivity index (χ4v) is 2.22. The summed E-state index contributed by atoms with van der Waals surface area (Å²) < 4.78 is 19.1. The third-order valence-electron chi connectivity index (χ3n) is 3.30. The van der Waals surface area contributed by atoms with E-state index >= 15 is 0 Å². The zero-order valence-electron chi connectivity index (χ0n) is 11.7. The van der Waals surface area contributed by atoms with Gasteiger partial charge in [-0.1, -0.05) is 29.8 Å². The number of hydrogen-bond acceptors (Lipinski definition) is 3. The molecule has 0 aliphatic rings. The number of rotatable bonds is 5. The van der Waals surface area contributed by atoms with Crippen LogP contribution in [0.15, 0.2) is 42.5 Å². The van der Waals surface area contributed by atoms with E-state index in [1.165, 1.54) is 6.07 Å². The Morgan fingerprint density at radius 3 is 2.75 bits per heavy atom. The second-order valence-electron chi connectivity index (χ2n) is 4.80. The minimum absolute atomic E-state index is 0.249. The van der Waals surface area contributed by atoms with Crippen LogP contribution < -0.4 is 16.0 Å². The summed E-state index contributed by atoms with van der Waals surface area (Å²) in [5, 5.41) is 0. The number of nitrogens with two attached hydrogens (primary N) is 1. The lowest BCUT2D eigenvalue weighted by Crippen LogP contribution is -2.30. The molecule has 0 spiro atoms. The predicted octanol–water partition coefficient (Wildman–Crippen LogP) is 2.89. The van der Waals surface area contributed by atoms with E-state index in [-0.39, 0.29) is 11.9 Å². The Bertz CT molecular complexity index is 586. The van der Waals surface area contributed by atoms with Crippen LogP contribution in [0.4, 0.5) is 4.39 Å². The van der Waals surface area contributed by atoms with Crippen LogP contribution in [-0.2, 0) is 6.42 Å². The van der Waals surface area contributed by atoms with Gasteiger partial charge < -0.3 is 4.74 Å². The number of methoxy groups -OCH3 is 1. The molecule has 0 aliphatic heterocycles. The van der Waals surface area contributed by atoms with Gasteiger partial charge in [-0.2, -0.15) is 0 Å². The Morgan fingerprint density at radius 2 is 2.05 bits per heavy atom. The topological polar surface area (TPSA) is 47.3 Å². The molecule has 2 aromatic carbocycles. The van der Waals surface area contributed by atoms with Crippen molar-refractivity contribution in [1.29, 1.82) is 0 Å². The van der Waals surface area contributed by atoms with E-state index in [1.807, 2.05) is 37.3 Å². The lowest BCUT2D eigenvalue weighted by atomic mass is 9.97. The van der Waals surface area contributed by atoms with Crippen molar-refractivity contribution in [3.63, 3.8) is 0 Å². The second kappa shape index (κ2) is 6.50. The molecular weight excluding hydrogens is 255 g/mol. The summed E-state index contributed by atoms with van der Waals surface area (Å²) in [7, 11) is 1.62. The first-order valence-corrected chi connectivity index (χ1v) is 6.49. The number of benzene rings is 2. The smallest absolute Gasteiger partial charge is 0.128 e. The molecule has 0 heterocycles. The minimum Gasteiger partial charge on any atom is -0.497 e. The molecule has 0 amide bonds. The molecule has 0 fully saturated rings. The van der Waals surface area contributed by atoms with E-state index in [9.17, 15) is 4.39 Å². The number of hydrogen-bond donors (Lipinski definition) is 2. The van der Waals surface area contributed by atoms with E-state index in [1.54, 1.807) is 13.2 Å². The summed E-state index contributed by atoms with van der Waals surface area (Å²) in [6.07, 6.45) is 0.591. The van der Waals surface area contributed by atoms with E-state index in [4.69, 9.17) is 10.6 Å². The lowest BCUT2D eigenvalue weighted by Gasteiger charge is -2.18. The summed E-state index contributed by atoms with van der Waals surface area (Å²) in [5.74, 6) is 6.13. The molecule has 1 unspecified atom stereocenters. The van der Waals surface area contributed by atoms with Gasteiger partial charge in [0.1, 0.15) is 11.6 Å². The van der Waals surface area contributed by atoms with Gasteiger partial charge in [0.25, 0.3) is 0 Å². The largest absolute Gasteiger partial charge is 0.497 e. The van der Waals surface area contributed by atoms with Crippen molar-refractivity contribution in [2.75, 3.05) is 7.11 Å². The van der Waals surface area contributed by atoms with Crippen LogP contribution in [0.2, 0.25) is 0 Å². The van der Waals surface area contributed by atoms with Crippen LogP contribution in [0.5, 0.6) is 5.75 Å². The molecule has 4 heteroatoms. The molecule has 0 aromatic heterocycles. The molecule has 0 saturated heterocycles. The molecule has 106 valence electrons. The van der Waals surface area contributed by atoms with Crippen molar-refractivity contribution >= 4 is 0 Å². The Morgan fingerprint density at radius 1 is 1.25 bits per heavy atom. The highest BCUT2D eigenvalue weighted by Crippen LogP contribution is 2.23. The predicted molar refractivity (Wildman–Crippen MR) is 77.9 cm³/mol. The average Bonchev–Trinajstić information content (AvgIpc) is 2.47. The van der Waals surface area contributed by atoms with Gasteiger partial charge >= 0.3 is 0 Å². The van der Waals surface area contributed by atoms with Crippen LogP contribution in [-0.4, -0.2) is 7.11 Å². The van der Waals surface area contributed by atoms with Crippen molar-refractivity contribution in [3.05, 3.63) is 65.0 Å². The molecule has 0 radical (unpaired) electrons. The van der Waals surface area contributed by atoms with Crippen molar-refractivity contribution in [3.8, 4) is 5.75 Å². The Kier molecular flexibility index (Phi) is 4.71. The maximum atomic E-state index is 13.9. The van der Waals surface area contributed by atoms with Gasteiger partial charge in [0, 0.05) is 5.56 Å². The zero-order valence-corrected chi connectivity index (χ0v) is 11.7. The second-order valence-corrected chi connectivity index (χ2v) is 4.80. The normalized spacial score (nSPS) is 12.2. The van der Waals surface area contributed by atoms with Crippen LogP contribution in [0, 0.1) is 12.7 Å². The van der Waals surface area contributed by atoms with Crippen LogP contribution in [0.25, 0.3) is 0 Å². The molecular formula is C16H19FN2O. The molecule has 0 aliphatic carbocycles. The Hall–Kier alpha value is -1.91. The van der Waals surface area contributed by atoms with E-state index in [0.717, 1.165) is 16.9 Å². The highest BCUT2D eigenvalue weighted by molar-refractivity contribution is 5.32. The monoisotopic (exact) mass is 274 g/mol. The Balaban J connectivity index is 2.26. The third-order valence-corrected chi connectivity index (χ3v) is 3.30. The fraction of sp³-hybridized carbons (Fsp3) is 0.250. The van der Waals surface area contributed by atoms with Gasteiger partial charge in [0.15, 0.2) is 0 Å². The first-order chi connectivity index (χ1) is 9.63. The highest BCUT2D eigenvalue weighted by atomic mass is 19.1. The number of halogens is 1. The maximum Gasteiger partial charge on any atom is 0.128 e. The zero-order chi connectivity index (χ0) is 14.5. The lowest BCUT2D eigenvalue weighted by molar-refractivity contribution is 0.413. The van der Waals surface area contributed by atoms with Crippen LogP contribution in [0.1, 0.15) is 22.7 Å². The van der Waals surface area contributed by atoms with Gasteiger partial charge in [0.2, 0.25) is 0 Å². The standard InChI is InChI=1S/C16H19FN2O/c1-11-6-7-15(17)14(8-11)16(19-18)10-12-4-3-5-13(9-12)20-2/h3-9,16,19H,10,18H2,1-2H3. The van der Waals surface area contributed by atoms with Gasteiger partial charge in [-0.25, -0.2) is 4.39 Å². The van der Waals surface area contributed by atoms with E-state index in [2.05, 4.69) is 5.43 Å². The molecule has 2 rings (SSSR count). The molecule has 0 bridgehead atoms. The summed E-state index contributed by atoms with van der Waals surface area (Å²) in [4.78, 5) is 0. The number of nitrogens with one attached hydrogen (secondary N) is 1. The van der Waals surface area contributed by atoms with Crippen LogP contribution >= 0.6 is 0 Å². The van der Waals surface area contributed by atoms with Crippen molar-refractivity contribution in [2.45, 2.75) is 19.4 Å². The summed E-state index contributed by atoms with van der Waals surface area (Å²) >= 11 is 0. The Labute approximate surface area is 118 Å². The number of hydrazine groups is 1. The van der Waals surface area contributed by atoms with Crippen molar-refractivity contribution < 1.29 is 9.13 Å². The molecule has 20 heavy (non-hydrogen) atoms. The third kappa shape index (κ3) is 3.35. The first-order valence-electron chi connectivity index (χ1n) is 6.49.